The minimum absolute atomic E-state index is 0.476. The van der Waals surface area contributed by atoms with Crippen molar-refractivity contribution in [3.05, 3.63) is 35.4 Å². The maximum Gasteiger partial charge on any atom is 0.103 e. The highest BCUT2D eigenvalue weighted by Gasteiger charge is 2.02. The molecule has 0 aliphatic carbocycles. The number of benzene rings is 1. The average molecular weight is 278 g/mol. The van der Waals surface area contributed by atoms with E-state index >= 15 is 0 Å². The van der Waals surface area contributed by atoms with Crippen LogP contribution in [-0.4, -0.2) is 23.5 Å². The van der Waals surface area contributed by atoms with Crippen LogP contribution in [0.3, 0.4) is 0 Å². The summed E-state index contributed by atoms with van der Waals surface area (Å²) >= 11 is 5.01. The Morgan fingerprint density at radius 2 is 1.95 bits per heavy atom. The topological polar surface area (TPSA) is 29.3 Å². The molecule has 0 heterocycles. The molecule has 0 spiro atoms. The summed E-state index contributed by atoms with van der Waals surface area (Å²) in [5.41, 5.74) is 7.90. The van der Waals surface area contributed by atoms with E-state index in [-0.39, 0.29) is 0 Å². The van der Waals surface area contributed by atoms with Gasteiger partial charge in [0.2, 0.25) is 0 Å². The van der Waals surface area contributed by atoms with Crippen molar-refractivity contribution in [2.75, 3.05) is 13.6 Å². The molecule has 1 aromatic rings. The fraction of sp³-hybridized carbons (Fsp3) is 0.562. The first kappa shape index (κ1) is 16.1. The average Bonchev–Trinajstić information content (AvgIpc) is 2.38. The molecule has 0 unspecified atom stereocenters. The van der Waals surface area contributed by atoms with E-state index in [4.69, 9.17) is 18.0 Å². The fourth-order valence-corrected chi connectivity index (χ4v) is 2.33. The lowest BCUT2D eigenvalue weighted by molar-refractivity contribution is 0.316. The minimum atomic E-state index is 0.476. The molecule has 2 N–H and O–H groups in total. The predicted molar refractivity (Wildman–Crippen MR) is 87.4 cm³/mol. The van der Waals surface area contributed by atoms with Crippen LogP contribution < -0.4 is 5.73 Å². The van der Waals surface area contributed by atoms with Gasteiger partial charge in [0.05, 0.1) is 0 Å². The molecule has 2 nitrogen and oxygen atoms in total. The third kappa shape index (κ3) is 6.69. The van der Waals surface area contributed by atoms with Crippen LogP contribution in [0.1, 0.15) is 50.2 Å². The zero-order chi connectivity index (χ0) is 14.1. The molecule has 0 bridgehead atoms. The maximum absolute atomic E-state index is 5.66. The van der Waals surface area contributed by atoms with Gasteiger partial charge in [0.1, 0.15) is 4.99 Å². The number of rotatable bonds is 9. The minimum Gasteiger partial charge on any atom is -0.389 e. The number of nitrogens with zero attached hydrogens (tertiary/aromatic N) is 1. The molecule has 0 saturated carbocycles. The number of hydrogen-bond donors (Lipinski definition) is 1. The molecule has 1 aromatic carbocycles. The lowest BCUT2D eigenvalue weighted by Crippen LogP contribution is -2.19. The summed E-state index contributed by atoms with van der Waals surface area (Å²) in [5, 5.41) is 0. The summed E-state index contributed by atoms with van der Waals surface area (Å²) in [5.74, 6) is 0. The second-order valence-electron chi connectivity index (χ2n) is 5.22. The summed E-state index contributed by atoms with van der Waals surface area (Å²) in [6.45, 7) is 4.37. The second kappa shape index (κ2) is 9.05. The smallest absolute Gasteiger partial charge is 0.103 e. The molecular weight excluding hydrogens is 252 g/mol. The molecule has 1 rings (SSSR count). The van der Waals surface area contributed by atoms with E-state index in [1.54, 1.807) is 0 Å². The zero-order valence-electron chi connectivity index (χ0n) is 12.2. The molecular formula is C16H26N2S. The van der Waals surface area contributed by atoms with Gasteiger partial charge in [-0.3, -0.25) is 0 Å². The van der Waals surface area contributed by atoms with Crippen molar-refractivity contribution in [1.82, 2.24) is 4.90 Å². The van der Waals surface area contributed by atoms with Gasteiger partial charge >= 0.3 is 0 Å². The number of hydrogen-bond acceptors (Lipinski definition) is 2. The van der Waals surface area contributed by atoms with Crippen molar-refractivity contribution in [1.29, 1.82) is 0 Å². The van der Waals surface area contributed by atoms with Crippen LogP contribution in [0.2, 0.25) is 0 Å². The van der Waals surface area contributed by atoms with Gasteiger partial charge in [0.25, 0.3) is 0 Å². The fourth-order valence-electron chi connectivity index (χ4n) is 2.20. The van der Waals surface area contributed by atoms with E-state index in [1.165, 1.54) is 37.7 Å². The molecule has 0 amide bonds. The third-order valence-corrected chi connectivity index (χ3v) is 3.54. The van der Waals surface area contributed by atoms with Crippen molar-refractivity contribution in [2.24, 2.45) is 5.73 Å². The highest BCUT2D eigenvalue weighted by molar-refractivity contribution is 7.80. The molecule has 0 atom stereocenters. The van der Waals surface area contributed by atoms with Crippen molar-refractivity contribution in [3.8, 4) is 0 Å². The van der Waals surface area contributed by atoms with Gasteiger partial charge in [-0.05, 0) is 31.6 Å². The van der Waals surface area contributed by atoms with E-state index in [0.717, 1.165) is 18.7 Å². The normalized spacial score (nSPS) is 10.9. The summed E-state index contributed by atoms with van der Waals surface area (Å²) in [6, 6.07) is 8.22. The second-order valence-corrected chi connectivity index (χ2v) is 5.66. The summed E-state index contributed by atoms with van der Waals surface area (Å²) in [7, 11) is 2.17. The van der Waals surface area contributed by atoms with E-state index in [1.807, 2.05) is 12.1 Å². The predicted octanol–water partition coefficient (Wildman–Crippen LogP) is 3.72. The number of nitrogens with two attached hydrogens (primary N) is 1. The maximum atomic E-state index is 5.66. The molecule has 0 aliphatic heterocycles. The molecule has 0 saturated heterocycles. The van der Waals surface area contributed by atoms with Gasteiger partial charge in [-0.15, -0.1) is 0 Å². The van der Waals surface area contributed by atoms with Gasteiger partial charge in [0.15, 0.2) is 0 Å². The van der Waals surface area contributed by atoms with Crippen molar-refractivity contribution in [3.63, 3.8) is 0 Å². The summed E-state index contributed by atoms with van der Waals surface area (Å²) in [6.07, 6.45) is 6.65. The Morgan fingerprint density at radius 1 is 1.21 bits per heavy atom. The Morgan fingerprint density at radius 3 is 2.63 bits per heavy atom. The van der Waals surface area contributed by atoms with E-state index < -0.39 is 0 Å². The lowest BCUT2D eigenvalue weighted by atomic mass is 10.1. The molecule has 0 aliphatic rings. The Kier molecular flexibility index (Phi) is 7.68. The Labute approximate surface area is 123 Å². The quantitative estimate of drug-likeness (QED) is 0.551. The largest absolute Gasteiger partial charge is 0.389 e. The van der Waals surface area contributed by atoms with Crippen LogP contribution in [0.25, 0.3) is 0 Å². The molecule has 106 valence electrons. The van der Waals surface area contributed by atoms with Crippen LogP contribution in [0.15, 0.2) is 24.3 Å². The summed E-state index contributed by atoms with van der Waals surface area (Å²) < 4.78 is 0. The molecule has 0 radical (unpaired) electrons. The highest BCUT2D eigenvalue weighted by Crippen LogP contribution is 2.09. The number of thiocarbonyl (C=S) groups is 1. The van der Waals surface area contributed by atoms with E-state index in [9.17, 15) is 0 Å². The first-order valence-electron chi connectivity index (χ1n) is 7.20. The Hall–Kier alpha value is -0.930. The van der Waals surface area contributed by atoms with E-state index in [0.29, 0.717) is 4.99 Å². The Bertz CT molecular complexity index is 390. The van der Waals surface area contributed by atoms with Crippen molar-refractivity contribution >= 4 is 17.2 Å². The van der Waals surface area contributed by atoms with Gasteiger partial charge < -0.3 is 10.6 Å². The third-order valence-electron chi connectivity index (χ3n) is 3.31. The monoisotopic (exact) mass is 278 g/mol. The van der Waals surface area contributed by atoms with Gasteiger partial charge in [0, 0.05) is 12.1 Å². The van der Waals surface area contributed by atoms with Gasteiger partial charge in [-0.1, -0.05) is 63.0 Å². The van der Waals surface area contributed by atoms with Crippen molar-refractivity contribution in [2.45, 2.75) is 45.6 Å². The summed E-state index contributed by atoms with van der Waals surface area (Å²) in [4.78, 5) is 2.84. The highest BCUT2D eigenvalue weighted by atomic mass is 32.1. The SMILES string of the molecule is CCCCCCCN(C)Cc1cccc(C(N)=S)c1. The van der Waals surface area contributed by atoms with Crippen LogP contribution in [0, 0.1) is 0 Å². The van der Waals surface area contributed by atoms with Crippen LogP contribution in [0.5, 0.6) is 0 Å². The molecule has 3 heteroatoms. The van der Waals surface area contributed by atoms with Crippen LogP contribution >= 0.6 is 12.2 Å². The Balaban J connectivity index is 2.33. The zero-order valence-corrected chi connectivity index (χ0v) is 13.0. The standard InChI is InChI=1S/C16H26N2S/c1-3-4-5-6-7-11-18(2)13-14-9-8-10-15(12-14)16(17)19/h8-10,12H,3-7,11,13H2,1-2H3,(H2,17,19). The first-order valence-corrected chi connectivity index (χ1v) is 7.61. The van der Waals surface area contributed by atoms with Crippen LogP contribution in [0.4, 0.5) is 0 Å². The first-order chi connectivity index (χ1) is 9.13. The molecule has 0 fully saturated rings. The van der Waals surface area contributed by atoms with Crippen LogP contribution in [-0.2, 0) is 6.54 Å². The number of unbranched alkanes of at least 4 members (excludes halogenated alkanes) is 4. The van der Waals surface area contributed by atoms with Gasteiger partial charge in [-0.25, -0.2) is 0 Å². The van der Waals surface area contributed by atoms with Gasteiger partial charge in [-0.2, -0.15) is 0 Å². The molecule has 0 aromatic heterocycles. The van der Waals surface area contributed by atoms with Crippen molar-refractivity contribution < 1.29 is 0 Å². The van der Waals surface area contributed by atoms with E-state index in [2.05, 4.69) is 31.0 Å². The molecule has 19 heavy (non-hydrogen) atoms. The lowest BCUT2D eigenvalue weighted by Gasteiger charge is -2.17.